The lowest BCUT2D eigenvalue weighted by molar-refractivity contribution is 1.20. The number of hydrogen-bond acceptors (Lipinski definition) is 2. The highest BCUT2D eigenvalue weighted by Gasteiger charge is 2.13. The van der Waals surface area contributed by atoms with E-state index >= 15 is 0 Å². The van der Waals surface area contributed by atoms with Crippen molar-refractivity contribution < 1.29 is 0 Å². The van der Waals surface area contributed by atoms with E-state index in [2.05, 4.69) is 33.1 Å². The zero-order valence-corrected chi connectivity index (χ0v) is 8.17. The largest absolute Gasteiger partial charge is 0.262 e. The van der Waals surface area contributed by atoms with Crippen LogP contribution in [0, 0.1) is 17.4 Å². The summed E-state index contributed by atoms with van der Waals surface area (Å²) in [5.74, 6) is 0. The fourth-order valence-corrected chi connectivity index (χ4v) is 1.60. The Bertz CT molecular complexity index is 535. The summed E-state index contributed by atoms with van der Waals surface area (Å²) in [6.07, 6.45) is 6.27. The van der Waals surface area contributed by atoms with Gasteiger partial charge in [0.1, 0.15) is 9.70 Å². The number of pyridine rings is 1. The lowest BCUT2D eigenvalue weighted by atomic mass is 10.1. The van der Waals surface area contributed by atoms with E-state index in [-0.39, 0.29) is 0 Å². The van der Waals surface area contributed by atoms with Gasteiger partial charge in [-0.25, -0.2) is 4.98 Å². The van der Waals surface area contributed by atoms with Gasteiger partial charge < -0.3 is 0 Å². The van der Waals surface area contributed by atoms with Gasteiger partial charge in [0.05, 0.1) is 6.08 Å². The molecule has 1 aliphatic carbocycles. The number of nitrogens with zero attached hydrogens (tertiary/aromatic N) is 2. The maximum atomic E-state index is 8.79. The molecule has 0 amide bonds. The molecule has 0 saturated heterocycles. The number of fused-ring (bicyclic) bond motifs is 1. The van der Waals surface area contributed by atoms with Gasteiger partial charge in [-0.3, -0.25) is 0 Å². The zero-order valence-electron chi connectivity index (χ0n) is 6.58. The minimum Gasteiger partial charge on any atom is -0.203 e. The molecule has 0 N–H and O–H groups in total. The van der Waals surface area contributed by atoms with Crippen molar-refractivity contribution in [3.8, 4) is 6.07 Å². The summed E-state index contributed by atoms with van der Waals surface area (Å²) in [5.41, 5.74) is 0.485. The van der Waals surface area contributed by atoms with E-state index in [1.54, 1.807) is 12.3 Å². The minimum atomic E-state index is 0.485. The predicted octanol–water partition coefficient (Wildman–Crippen LogP) is 0.632. The summed E-state index contributed by atoms with van der Waals surface area (Å²) in [5, 5.41) is 10.4. The summed E-state index contributed by atoms with van der Waals surface area (Å²) >= 11 is 3.38. The second-order valence-electron chi connectivity index (χ2n) is 2.52. The predicted molar refractivity (Wildman–Crippen MR) is 52.7 cm³/mol. The molecule has 2 rings (SSSR count). The first-order valence-electron chi connectivity index (χ1n) is 3.68. The summed E-state index contributed by atoms with van der Waals surface area (Å²) in [6, 6.07) is 5.82. The molecule has 0 fully saturated rings. The Morgan fingerprint density at radius 3 is 3.15 bits per heavy atom. The van der Waals surface area contributed by atoms with Crippen LogP contribution in [0.5, 0.6) is 0 Å². The van der Waals surface area contributed by atoms with Crippen molar-refractivity contribution in [2.45, 2.75) is 0 Å². The van der Waals surface area contributed by atoms with Gasteiger partial charge in [-0.05, 0) is 12.1 Å². The molecular weight excluding hydrogens is 228 g/mol. The molecule has 13 heavy (non-hydrogen) atoms. The van der Waals surface area contributed by atoms with Gasteiger partial charge >= 0.3 is 0 Å². The third-order valence-corrected chi connectivity index (χ3v) is 2.41. The minimum absolute atomic E-state index is 0.485. The van der Waals surface area contributed by atoms with E-state index in [9.17, 15) is 0 Å². The molecule has 1 aliphatic rings. The zero-order chi connectivity index (χ0) is 9.26. The maximum Gasteiger partial charge on any atom is 0.262 e. The van der Waals surface area contributed by atoms with Gasteiger partial charge in [-0.1, -0.05) is 0 Å². The average molecular weight is 232 g/mol. The highest BCUT2D eigenvalue weighted by molar-refractivity contribution is 9.15. The molecule has 2 nitrogen and oxygen atoms in total. The van der Waals surface area contributed by atoms with Crippen LogP contribution >= 0.6 is 15.9 Å². The lowest BCUT2D eigenvalue weighted by Gasteiger charge is -1.90. The molecule has 0 unspecified atom stereocenters. The first kappa shape index (κ1) is 8.12. The van der Waals surface area contributed by atoms with Gasteiger partial charge in [0.15, 0.2) is 5.35 Å². The molecule has 0 aromatic carbocycles. The topological polar surface area (TPSA) is 36.7 Å². The van der Waals surface area contributed by atoms with E-state index in [1.807, 2.05) is 12.1 Å². The standard InChI is InChI=1S/C10H4BrN2/c11-9-4-3-7(6-12)10-8(9)2-1-5-13-10/h1-2,4-5H/q+1. The summed E-state index contributed by atoms with van der Waals surface area (Å²) < 4.78 is 0.912. The second-order valence-corrected chi connectivity index (χ2v) is 3.38. The van der Waals surface area contributed by atoms with Crippen molar-refractivity contribution in [2.75, 3.05) is 0 Å². The van der Waals surface area contributed by atoms with Crippen LogP contribution in [-0.4, -0.2) is 4.98 Å². The van der Waals surface area contributed by atoms with Gasteiger partial charge in [0, 0.05) is 28.2 Å². The smallest absolute Gasteiger partial charge is 0.203 e. The first-order valence-corrected chi connectivity index (χ1v) is 4.47. The van der Waals surface area contributed by atoms with E-state index < -0.39 is 0 Å². The van der Waals surface area contributed by atoms with Crippen molar-refractivity contribution >= 4 is 26.0 Å². The van der Waals surface area contributed by atoms with E-state index in [0.29, 0.717) is 10.9 Å². The Balaban J connectivity index is 3.03. The normalized spacial score (nSPS) is 13.2. The Labute approximate surface area is 83.7 Å². The van der Waals surface area contributed by atoms with Crippen molar-refractivity contribution in [3.05, 3.63) is 41.0 Å². The number of rotatable bonds is 0. The van der Waals surface area contributed by atoms with Gasteiger partial charge in [-0.2, -0.15) is 0 Å². The van der Waals surface area contributed by atoms with Crippen molar-refractivity contribution in [2.24, 2.45) is 0 Å². The molecule has 3 heteroatoms. The van der Waals surface area contributed by atoms with Crippen LogP contribution in [-0.2, 0) is 0 Å². The molecule has 0 saturated carbocycles. The van der Waals surface area contributed by atoms with Gasteiger partial charge in [0.25, 0.3) is 5.57 Å². The number of nitriles is 1. The fraction of sp³-hybridized carbons (Fsp3) is 0. The molecule has 0 spiro atoms. The van der Waals surface area contributed by atoms with Crippen LogP contribution in [0.1, 0.15) is 0 Å². The Morgan fingerprint density at radius 1 is 1.54 bits per heavy atom. The van der Waals surface area contributed by atoms with Gasteiger partial charge in [0.2, 0.25) is 6.07 Å². The molecule has 60 valence electrons. The summed E-state index contributed by atoms with van der Waals surface area (Å²) in [7, 11) is 0. The first-order chi connectivity index (χ1) is 6.33. The van der Waals surface area contributed by atoms with E-state index in [4.69, 9.17) is 5.26 Å². The number of hydrogen-bond donors (Lipinski definition) is 0. The van der Waals surface area contributed by atoms with E-state index in [0.717, 1.165) is 9.70 Å². The monoisotopic (exact) mass is 231 g/mol. The Morgan fingerprint density at radius 2 is 2.38 bits per heavy atom. The van der Waals surface area contributed by atoms with E-state index in [1.165, 1.54) is 0 Å². The number of aromatic nitrogens is 1. The third kappa shape index (κ3) is 1.27. The fourth-order valence-electron chi connectivity index (χ4n) is 1.16. The molecule has 0 aliphatic heterocycles. The average Bonchev–Trinajstić information content (AvgIpc) is 2.19. The van der Waals surface area contributed by atoms with Crippen molar-refractivity contribution in [3.63, 3.8) is 0 Å². The Kier molecular flexibility index (Phi) is 1.94. The summed E-state index contributed by atoms with van der Waals surface area (Å²) in [4.78, 5) is 4.13. The molecule has 0 radical (unpaired) electrons. The quantitative estimate of drug-likeness (QED) is 0.615. The van der Waals surface area contributed by atoms with Gasteiger partial charge in [-0.15, -0.1) is 5.26 Å². The molecule has 1 heterocycles. The molecule has 0 atom stereocenters. The van der Waals surface area contributed by atoms with Crippen LogP contribution in [0.3, 0.4) is 0 Å². The van der Waals surface area contributed by atoms with Crippen LogP contribution in [0.4, 0.5) is 0 Å². The van der Waals surface area contributed by atoms with Crippen molar-refractivity contribution in [1.82, 2.24) is 4.98 Å². The molecular formula is C10H4BrN2+. The Hall–Kier alpha value is -1.49. The van der Waals surface area contributed by atoms with Crippen LogP contribution in [0.25, 0.3) is 10.1 Å². The van der Waals surface area contributed by atoms with Crippen LogP contribution in [0.15, 0.2) is 24.4 Å². The number of halogens is 1. The van der Waals surface area contributed by atoms with Crippen LogP contribution < -0.4 is 10.6 Å². The lowest BCUT2D eigenvalue weighted by Crippen LogP contribution is -2.32. The number of allylic oxidation sites excluding steroid dienone is 2. The second kappa shape index (κ2) is 3.10. The van der Waals surface area contributed by atoms with Crippen molar-refractivity contribution in [1.29, 1.82) is 5.26 Å². The highest BCUT2D eigenvalue weighted by Crippen LogP contribution is 2.08. The maximum absolute atomic E-state index is 8.79. The third-order valence-electron chi connectivity index (χ3n) is 1.76. The highest BCUT2D eigenvalue weighted by atomic mass is 79.9. The molecule has 1 aromatic rings. The molecule has 1 aromatic heterocycles. The summed E-state index contributed by atoms with van der Waals surface area (Å²) in [6.45, 7) is 0. The van der Waals surface area contributed by atoms with Crippen LogP contribution in [0.2, 0.25) is 0 Å². The SMILES string of the molecule is N#CC1=c2ncccc2=C(Br)C=[C+]1. The molecule has 0 bridgehead atoms.